The van der Waals surface area contributed by atoms with Crippen LogP contribution in [0, 0.1) is 0 Å². The Morgan fingerprint density at radius 1 is 1.50 bits per heavy atom. The monoisotopic (exact) mass is 300 g/mol. The van der Waals surface area contributed by atoms with Crippen molar-refractivity contribution in [3.63, 3.8) is 0 Å². The highest BCUT2D eigenvalue weighted by Gasteiger charge is 2.26. The molecule has 2 unspecified atom stereocenters. The van der Waals surface area contributed by atoms with Gasteiger partial charge < -0.3 is 10.6 Å². The highest BCUT2D eigenvalue weighted by atomic mass is 35.5. The maximum absolute atomic E-state index is 6.36. The Kier molecular flexibility index (Phi) is 4.41. The van der Waals surface area contributed by atoms with E-state index < -0.39 is 0 Å². The lowest BCUT2D eigenvalue weighted by molar-refractivity contribution is 0.627. The topological polar surface area (TPSA) is 29.3 Å². The minimum Gasteiger partial charge on any atom is -0.389 e. The van der Waals surface area contributed by atoms with E-state index in [1.165, 1.54) is 0 Å². The highest BCUT2D eigenvalue weighted by molar-refractivity contribution is 8.00. The third-order valence-electron chi connectivity index (χ3n) is 3.43. The molecule has 0 saturated carbocycles. The van der Waals surface area contributed by atoms with Gasteiger partial charge in [0.15, 0.2) is 0 Å². The van der Waals surface area contributed by atoms with Crippen molar-refractivity contribution in [1.29, 1.82) is 0 Å². The number of rotatable bonds is 2. The number of thioether (sulfide) groups is 1. The van der Waals surface area contributed by atoms with Crippen LogP contribution in [0.25, 0.3) is 0 Å². The van der Waals surface area contributed by atoms with Gasteiger partial charge in [0.25, 0.3) is 0 Å². The summed E-state index contributed by atoms with van der Waals surface area (Å²) in [5.41, 5.74) is 7.52. The van der Waals surface area contributed by atoms with E-state index in [1.54, 1.807) is 0 Å². The summed E-state index contributed by atoms with van der Waals surface area (Å²) in [6, 6.07) is 6.31. The van der Waals surface area contributed by atoms with Crippen molar-refractivity contribution in [2.45, 2.75) is 25.1 Å². The fourth-order valence-electron chi connectivity index (χ4n) is 2.17. The van der Waals surface area contributed by atoms with Gasteiger partial charge in [-0.25, -0.2) is 0 Å². The van der Waals surface area contributed by atoms with Crippen LogP contribution in [-0.2, 0) is 0 Å². The van der Waals surface area contributed by atoms with Gasteiger partial charge in [0.1, 0.15) is 4.99 Å². The van der Waals surface area contributed by atoms with Crippen LogP contribution in [0.3, 0.4) is 0 Å². The van der Waals surface area contributed by atoms with Crippen molar-refractivity contribution in [1.82, 2.24) is 0 Å². The molecule has 0 aromatic heterocycles. The van der Waals surface area contributed by atoms with Crippen LogP contribution in [0.4, 0.5) is 5.69 Å². The number of anilines is 1. The SMILES string of the molecule is CC1SCCN(c2ccc(C(N)=S)cc2Cl)C1C. The molecule has 2 atom stereocenters. The summed E-state index contributed by atoms with van der Waals surface area (Å²) in [7, 11) is 0. The molecule has 0 spiro atoms. The lowest BCUT2D eigenvalue weighted by atomic mass is 10.1. The van der Waals surface area contributed by atoms with Gasteiger partial charge in [0.2, 0.25) is 0 Å². The Labute approximate surface area is 123 Å². The fourth-order valence-corrected chi connectivity index (χ4v) is 3.68. The molecular formula is C13H17ClN2S2. The molecule has 1 aliphatic rings. The van der Waals surface area contributed by atoms with E-state index in [0.717, 1.165) is 28.6 Å². The van der Waals surface area contributed by atoms with Crippen LogP contribution >= 0.6 is 35.6 Å². The molecule has 2 N–H and O–H groups in total. The second-order valence-corrected chi connectivity index (χ2v) is 6.87. The first kappa shape index (κ1) is 14.0. The van der Waals surface area contributed by atoms with Gasteiger partial charge >= 0.3 is 0 Å². The quantitative estimate of drug-likeness (QED) is 0.849. The van der Waals surface area contributed by atoms with E-state index in [-0.39, 0.29) is 0 Å². The Bertz CT molecular complexity index is 464. The summed E-state index contributed by atoms with van der Waals surface area (Å²) in [4.78, 5) is 2.76. The average Bonchev–Trinajstić information content (AvgIpc) is 2.33. The molecule has 0 bridgehead atoms. The molecule has 5 heteroatoms. The van der Waals surface area contributed by atoms with Crippen molar-refractivity contribution < 1.29 is 0 Å². The lowest BCUT2D eigenvalue weighted by Crippen LogP contribution is -2.44. The van der Waals surface area contributed by atoms with Gasteiger partial charge in [-0.1, -0.05) is 30.7 Å². The first-order valence-corrected chi connectivity index (χ1v) is 7.82. The van der Waals surface area contributed by atoms with Gasteiger partial charge in [-0.05, 0) is 25.1 Å². The van der Waals surface area contributed by atoms with E-state index >= 15 is 0 Å². The number of halogens is 1. The Morgan fingerprint density at radius 2 is 2.22 bits per heavy atom. The summed E-state index contributed by atoms with van der Waals surface area (Å²) in [6.45, 7) is 5.54. The number of nitrogens with two attached hydrogens (primary N) is 1. The van der Waals surface area contributed by atoms with Gasteiger partial charge in [-0.3, -0.25) is 0 Å². The third kappa shape index (κ3) is 2.76. The first-order valence-electron chi connectivity index (χ1n) is 5.98. The smallest absolute Gasteiger partial charge is 0.104 e. The lowest BCUT2D eigenvalue weighted by Gasteiger charge is -2.39. The van der Waals surface area contributed by atoms with Crippen LogP contribution in [0.2, 0.25) is 5.02 Å². The van der Waals surface area contributed by atoms with Crippen molar-refractivity contribution in [2.75, 3.05) is 17.2 Å². The molecule has 1 fully saturated rings. The second-order valence-electron chi connectivity index (χ2n) is 4.54. The molecule has 0 aliphatic carbocycles. The van der Waals surface area contributed by atoms with Gasteiger partial charge in [-0.15, -0.1) is 0 Å². The number of benzene rings is 1. The molecule has 0 radical (unpaired) electrons. The summed E-state index contributed by atoms with van der Waals surface area (Å²) in [5, 5.41) is 1.34. The van der Waals surface area contributed by atoms with Crippen molar-refractivity contribution in [3.8, 4) is 0 Å². The average molecular weight is 301 g/mol. The van der Waals surface area contributed by atoms with E-state index in [1.807, 2.05) is 30.0 Å². The van der Waals surface area contributed by atoms with Crippen molar-refractivity contribution in [3.05, 3.63) is 28.8 Å². The Morgan fingerprint density at radius 3 is 2.83 bits per heavy atom. The summed E-state index contributed by atoms with van der Waals surface area (Å²) in [6.07, 6.45) is 0. The zero-order valence-corrected chi connectivity index (χ0v) is 12.9. The minimum absolute atomic E-state index is 0.388. The largest absolute Gasteiger partial charge is 0.389 e. The van der Waals surface area contributed by atoms with E-state index in [0.29, 0.717) is 16.3 Å². The molecule has 1 aliphatic heterocycles. The molecule has 1 saturated heterocycles. The summed E-state index contributed by atoms with van der Waals surface area (Å²) >= 11 is 13.3. The third-order valence-corrected chi connectivity index (χ3v) is 5.30. The second kappa shape index (κ2) is 5.68. The molecule has 98 valence electrons. The summed E-state index contributed by atoms with van der Waals surface area (Å²) < 4.78 is 0. The van der Waals surface area contributed by atoms with Crippen molar-refractivity contribution in [2.24, 2.45) is 5.73 Å². The minimum atomic E-state index is 0.388. The molecular weight excluding hydrogens is 284 g/mol. The molecule has 18 heavy (non-hydrogen) atoms. The fraction of sp³-hybridized carbons (Fsp3) is 0.462. The first-order chi connectivity index (χ1) is 8.50. The Hall–Kier alpha value is -0.450. The number of hydrogen-bond donors (Lipinski definition) is 1. The normalized spacial score (nSPS) is 24.1. The molecule has 2 rings (SSSR count). The predicted molar refractivity (Wildman–Crippen MR) is 86.1 cm³/mol. The van der Waals surface area contributed by atoms with Crippen LogP contribution in [-0.4, -0.2) is 28.6 Å². The molecule has 1 aromatic carbocycles. The number of hydrogen-bond acceptors (Lipinski definition) is 3. The van der Waals surface area contributed by atoms with Gasteiger partial charge in [0.05, 0.1) is 10.7 Å². The van der Waals surface area contributed by atoms with Gasteiger partial charge in [0, 0.05) is 29.2 Å². The highest BCUT2D eigenvalue weighted by Crippen LogP contribution is 2.34. The van der Waals surface area contributed by atoms with Crippen LogP contribution in [0.15, 0.2) is 18.2 Å². The number of nitrogens with zero attached hydrogens (tertiary/aromatic N) is 1. The summed E-state index contributed by atoms with van der Waals surface area (Å²) in [5.74, 6) is 1.14. The molecule has 1 aromatic rings. The van der Waals surface area contributed by atoms with Crippen LogP contribution < -0.4 is 10.6 Å². The Balaban J connectivity index is 2.30. The van der Waals surface area contributed by atoms with E-state index in [4.69, 9.17) is 29.6 Å². The maximum atomic E-state index is 6.36. The maximum Gasteiger partial charge on any atom is 0.104 e. The zero-order valence-electron chi connectivity index (χ0n) is 10.5. The van der Waals surface area contributed by atoms with Crippen molar-refractivity contribution >= 4 is 46.3 Å². The predicted octanol–water partition coefficient (Wildman–Crippen LogP) is 3.30. The standard InChI is InChI=1S/C13H17ClN2S2/c1-8-9(2)18-6-5-16(8)12-4-3-10(13(15)17)7-11(12)14/h3-4,7-9H,5-6H2,1-2H3,(H2,15,17). The van der Waals surface area contributed by atoms with Crippen LogP contribution in [0.5, 0.6) is 0 Å². The zero-order chi connectivity index (χ0) is 13.3. The van der Waals surface area contributed by atoms with Gasteiger partial charge in [-0.2, -0.15) is 11.8 Å². The molecule has 1 heterocycles. The van der Waals surface area contributed by atoms with Crippen LogP contribution in [0.1, 0.15) is 19.4 Å². The van der Waals surface area contributed by atoms with E-state index in [2.05, 4.69) is 18.7 Å². The molecule has 2 nitrogen and oxygen atoms in total. The number of thiocarbonyl (C=S) groups is 1. The van der Waals surface area contributed by atoms with E-state index in [9.17, 15) is 0 Å². The molecule has 0 amide bonds.